The Morgan fingerprint density at radius 2 is 2.27 bits per heavy atom. The molecule has 0 aliphatic carbocycles. The molecule has 3 aromatic rings. The topological polar surface area (TPSA) is 34.2 Å². The zero-order valence-corrected chi connectivity index (χ0v) is 14.3. The molecule has 4 nitrogen and oxygen atoms in total. The van der Waals surface area contributed by atoms with Gasteiger partial charge < -0.3 is 4.42 Å². The fourth-order valence-electron chi connectivity index (χ4n) is 2.11. The molecular formula is C15H14ClN3OS2. The summed E-state index contributed by atoms with van der Waals surface area (Å²) in [7, 11) is 2.02. The number of benzene rings is 1. The van der Waals surface area contributed by atoms with Crippen molar-refractivity contribution in [3.05, 3.63) is 56.5 Å². The summed E-state index contributed by atoms with van der Waals surface area (Å²) in [6, 6.07) is 9.48. The fourth-order valence-corrected chi connectivity index (χ4v) is 3.13. The Balaban J connectivity index is 1.76. The smallest absolute Gasteiger partial charge is 0.288 e. The zero-order chi connectivity index (χ0) is 15.5. The third-order valence-electron chi connectivity index (χ3n) is 3.09. The standard InChI is InChI=1S/C15H14ClN3OS2/c1-18(8-11-5-6-22-9-11)10-19-15(21)20-14(17-19)12-3-2-4-13(16)7-12/h2-7,9H,8,10H2,1H3. The van der Waals surface area contributed by atoms with Crippen molar-refractivity contribution in [3.8, 4) is 11.5 Å². The number of hydrogen-bond acceptors (Lipinski definition) is 5. The van der Waals surface area contributed by atoms with E-state index in [1.165, 1.54) is 5.56 Å². The van der Waals surface area contributed by atoms with E-state index in [1.807, 2.05) is 31.3 Å². The summed E-state index contributed by atoms with van der Waals surface area (Å²) >= 11 is 12.9. The quantitative estimate of drug-likeness (QED) is 0.625. The Labute approximate surface area is 142 Å². The maximum Gasteiger partial charge on any atom is 0.288 e. The van der Waals surface area contributed by atoms with Gasteiger partial charge in [0.05, 0.1) is 6.67 Å². The van der Waals surface area contributed by atoms with Crippen LogP contribution in [0.5, 0.6) is 0 Å². The van der Waals surface area contributed by atoms with Crippen LogP contribution in [0.25, 0.3) is 11.5 Å². The van der Waals surface area contributed by atoms with Crippen molar-refractivity contribution in [3.63, 3.8) is 0 Å². The molecule has 7 heteroatoms. The van der Waals surface area contributed by atoms with Gasteiger partial charge in [-0.2, -0.15) is 11.3 Å². The number of halogens is 1. The Morgan fingerprint density at radius 3 is 3.00 bits per heavy atom. The summed E-state index contributed by atoms with van der Waals surface area (Å²) in [6.07, 6.45) is 0. The highest BCUT2D eigenvalue weighted by atomic mass is 35.5. The summed E-state index contributed by atoms with van der Waals surface area (Å²) in [5.74, 6) is 0.483. The first-order valence-corrected chi connectivity index (χ1v) is 8.38. The van der Waals surface area contributed by atoms with Crippen molar-refractivity contribution in [2.45, 2.75) is 13.2 Å². The van der Waals surface area contributed by atoms with Crippen molar-refractivity contribution in [1.82, 2.24) is 14.7 Å². The van der Waals surface area contributed by atoms with Gasteiger partial charge in [-0.15, -0.1) is 5.10 Å². The number of aromatic nitrogens is 2. The summed E-state index contributed by atoms with van der Waals surface area (Å²) in [6.45, 7) is 1.41. The van der Waals surface area contributed by atoms with Crippen molar-refractivity contribution in [2.24, 2.45) is 0 Å². The monoisotopic (exact) mass is 351 g/mol. The highest BCUT2D eigenvalue weighted by molar-refractivity contribution is 7.71. The first-order chi connectivity index (χ1) is 10.6. The first-order valence-electron chi connectivity index (χ1n) is 6.65. The first kappa shape index (κ1) is 15.4. The number of rotatable bonds is 5. The molecule has 22 heavy (non-hydrogen) atoms. The van der Waals surface area contributed by atoms with E-state index in [9.17, 15) is 0 Å². The lowest BCUT2D eigenvalue weighted by Crippen LogP contribution is -2.22. The molecule has 114 valence electrons. The van der Waals surface area contributed by atoms with Crippen molar-refractivity contribution in [2.75, 3.05) is 7.05 Å². The van der Waals surface area contributed by atoms with Gasteiger partial charge in [0, 0.05) is 17.1 Å². The predicted molar refractivity (Wildman–Crippen MR) is 91.6 cm³/mol. The summed E-state index contributed by atoms with van der Waals surface area (Å²) in [5.41, 5.74) is 2.09. The molecule has 0 amide bonds. The van der Waals surface area contributed by atoms with Crippen LogP contribution in [0.4, 0.5) is 0 Å². The van der Waals surface area contributed by atoms with Crippen LogP contribution in [0.15, 0.2) is 45.5 Å². The second-order valence-electron chi connectivity index (χ2n) is 4.97. The lowest BCUT2D eigenvalue weighted by molar-refractivity contribution is 0.241. The van der Waals surface area contributed by atoms with Crippen LogP contribution in [-0.2, 0) is 13.2 Å². The average molecular weight is 352 g/mol. The predicted octanol–water partition coefficient (Wildman–Crippen LogP) is 4.68. The molecule has 0 aliphatic heterocycles. The lowest BCUT2D eigenvalue weighted by atomic mass is 10.2. The molecule has 0 N–H and O–H groups in total. The van der Waals surface area contributed by atoms with Crippen LogP contribution in [-0.4, -0.2) is 21.7 Å². The third kappa shape index (κ3) is 3.64. The van der Waals surface area contributed by atoms with Gasteiger partial charge in [-0.05, 0) is 59.9 Å². The molecule has 0 spiro atoms. The minimum Gasteiger partial charge on any atom is -0.409 e. The van der Waals surface area contributed by atoms with E-state index in [2.05, 4.69) is 26.8 Å². The number of nitrogens with zero attached hydrogens (tertiary/aromatic N) is 3. The van der Waals surface area contributed by atoms with Crippen LogP contribution in [0.2, 0.25) is 5.02 Å². The van der Waals surface area contributed by atoms with Gasteiger partial charge in [-0.25, -0.2) is 4.68 Å². The molecule has 0 saturated heterocycles. The minimum absolute atomic E-state index is 0.354. The van der Waals surface area contributed by atoms with E-state index in [4.69, 9.17) is 28.2 Å². The normalized spacial score (nSPS) is 11.2. The maximum atomic E-state index is 6.00. The van der Waals surface area contributed by atoms with Crippen molar-refractivity contribution >= 4 is 35.2 Å². The zero-order valence-electron chi connectivity index (χ0n) is 11.9. The second kappa shape index (κ2) is 6.75. The van der Waals surface area contributed by atoms with E-state index in [-0.39, 0.29) is 0 Å². The van der Waals surface area contributed by atoms with E-state index in [1.54, 1.807) is 16.0 Å². The summed E-state index contributed by atoms with van der Waals surface area (Å²) < 4.78 is 7.25. The van der Waals surface area contributed by atoms with Gasteiger partial charge >= 0.3 is 0 Å². The number of thiophene rings is 1. The summed E-state index contributed by atoms with van der Waals surface area (Å²) in [5, 5.41) is 9.29. The summed E-state index contributed by atoms with van der Waals surface area (Å²) in [4.78, 5) is 2.48. The van der Waals surface area contributed by atoms with Crippen molar-refractivity contribution in [1.29, 1.82) is 0 Å². The van der Waals surface area contributed by atoms with Crippen molar-refractivity contribution < 1.29 is 4.42 Å². The van der Waals surface area contributed by atoms with Gasteiger partial charge in [0.1, 0.15) is 0 Å². The number of hydrogen-bond donors (Lipinski definition) is 0. The maximum absolute atomic E-state index is 6.00. The van der Waals surface area contributed by atoms with Gasteiger partial charge in [0.2, 0.25) is 5.89 Å². The molecular weight excluding hydrogens is 338 g/mol. The Morgan fingerprint density at radius 1 is 1.41 bits per heavy atom. The molecule has 0 saturated carbocycles. The Hall–Kier alpha value is -1.47. The van der Waals surface area contributed by atoms with Crippen LogP contribution >= 0.6 is 35.2 Å². The average Bonchev–Trinajstić information content (AvgIpc) is 3.10. The SMILES string of the molecule is CN(Cc1ccsc1)Cn1nc(-c2cccc(Cl)c2)oc1=S. The molecule has 0 atom stereocenters. The highest BCUT2D eigenvalue weighted by Gasteiger charge is 2.10. The van der Waals surface area contributed by atoms with Gasteiger partial charge in [-0.3, -0.25) is 4.90 Å². The van der Waals surface area contributed by atoms with E-state index < -0.39 is 0 Å². The highest BCUT2D eigenvalue weighted by Crippen LogP contribution is 2.21. The van der Waals surface area contributed by atoms with Gasteiger partial charge in [0.15, 0.2) is 0 Å². The fraction of sp³-hybridized carbons (Fsp3) is 0.200. The largest absolute Gasteiger partial charge is 0.409 e. The van der Waals surface area contributed by atoms with Crippen LogP contribution < -0.4 is 0 Å². The van der Waals surface area contributed by atoms with Crippen LogP contribution in [0, 0.1) is 4.84 Å². The Kier molecular flexibility index (Phi) is 4.73. The lowest BCUT2D eigenvalue weighted by Gasteiger charge is -2.14. The minimum atomic E-state index is 0.354. The van der Waals surface area contributed by atoms with E-state index in [0.29, 0.717) is 22.4 Å². The molecule has 3 rings (SSSR count). The molecule has 0 bridgehead atoms. The van der Waals surface area contributed by atoms with Crippen LogP contribution in [0.3, 0.4) is 0 Å². The molecule has 0 unspecified atom stereocenters. The molecule has 2 heterocycles. The third-order valence-corrected chi connectivity index (χ3v) is 4.35. The van der Waals surface area contributed by atoms with Gasteiger partial charge in [0.25, 0.3) is 4.84 Å². The second-order valence-corrected chi connectivity index (χ2v) is 6.54. The van der Waals surface area contributed by atoms with Gasteiger partial charge in [-0.1, -0.05) is 17.7 Å². The van der Waals surface area contributed by atoms with Crippen LogP contribution in [0.1, 0.15) is 5.56 Å². The molecule has 1 aromatic carbocycles. The molecule has 2 aromatic heterocycles. The van der Waals surface area contributed by atoms with E-state index >= 15 is 0 Å². The Bertz CT molecular complexity index is 810. The van der Waals surface area contributed by atoms with E-state index in [0.717, 1.165) is 12.1 Å². The molecule has 0 radical (unpaired) electrons. The molecule has 0 aliphatic rings. The molecule has 0 fully saturated rings.